The molecule has 1 saturated heterocycles. The van der Waals surface area contributed by atoms with Crippen LogP contribution in [0.2, 0.25) is 0 Å². The van der Waals surface area contributed by atoms with Crippen molar-refractivity contribution in [1.82, 2.24) is 9.47 Å². The quantitative estimate of drug-likeness (QED) is 0.551. The molecule has 0 aliphatic carbocycles. The van der Waals surface area contributed by atoms with Gasteiger partial charge in [0.25, 0.3) is 5.56 Å². The number of para-hydroxylation sites is 1. The molecule has 35 heavy (non-hydrogen) atoms. The number of aryl methyl sites for hydroxylation is 1. The summed E-state index contributed by atoms with van der Waals surface area (Å²) in [5, 5.41) is 11.0. The number of ether oxygens (including phenoxy) is 2. The summed E-state index contributed by atoms with van der Waals surface area (Å²) in [6, 6.07) is 13.3. The van der Waals surface area contributed by atoms with E-state index < -0.39 is 6.04 Å². The number of hydrogen-bond donors (Lipinski definition) is 1. The summed E-state index contributed by atoms with van der Waals surface area (Å²) < 4.78 is 27.1. The number of aromatic hydroxyl groups is 1. The fourth-order valence-corrected chi connectivity index (χ4v) is 4.93. The zero-order valence-corrected chi connectivity index (χ0v) is 20.6. The maximum Gasteiger partial charge on any atom is 0.259 e. The van der Waals surface area contributed by atoms with Gasteiger partial charge in [-0.25, -0.2) is 4.39 Å². The van der Waals surface area contributed by atoms with Gasteiger partial charge in [-0.15, -0.1) is 0 Å². The van der Waals surface area contributed by atoms with Crippen molar-refractivity contribution in [2.24, 2.45) is 0 Å². The number of methoxy groups -OCH3 is 2. The van der Waals surface area contributed by atoms with Crippen molar-refractivity contribution in [2.75, 3.05) is 45.3 Å². The second-order valence-corrected chi connectivity index (χ2v) is 8.62. The lowest BCUT2D eigenvalue weighted by molar-refractivity contribution is 0.203. The molecule has 1 aliphatic rings. The molecule has 1 N–H and O–H groups in total. The fourth-order valence-electron chi connectivity index (χ4n) is 4.93. The highest BCUT2D eigenvalue weighted by atomic mass is 19.1. The van der Waals surface area contributed by atoms with Crippen LogP contribution in [0.15, 0.2) is 53.3 Å². The maximum atomic E-state index is 14.4. The zero-order valence-electron chi connectivity index (χ0n) is 20.6. The number of hydrogen-bond acceptors (Lipinski definition) is 6. The van der Waals surface area contributed by atoms with Crippen molar-refractivity contribution in [2.45, 2.75) is 26.4 Å². The molecular formula is C27H32FN3O4. The average molecular weight is 482 g/mol. The summed E-state index contributed by atoms with van der Waals surface area (Å²) in [7, 11) is 3.16. The van der Waals surface area contributed by atoms with Gasteiger partial charge in [0.2, 0.25) is 0 Å². The number of piperazine rings is 1. The molecule has 0 spiro atoms. The first-order valence-corrected chi connectivity index (χ1v) is 11.8. The molecule has 1 fully saturated rings. The van der Waals surface area contributed by atoms with Gasteiger partial charge in [0.05, 0.1) is 31.5 Å². The molecule has 4 rings (SSSR count). The fraction of sp³-hybridized carbons (Fsp3) is 0.370. The van der Waals surface area contributed by atoms with Crippen molar-refractivity contribution < 1.29 is 19.0 Å². The highest BCUT2D eigenvalue weighted by Gasteiger charge is 2.33. The highest BCUT2D eigenvalue weighted by Crippen LogP contribution is 2.39. The van der Waals surface area contributed by atoms with E-state index in [1.807, 2.05) is 36.9 Å². The molecule has 0 saturated carbocycles. The van der Waals surface area contributed by atoms with Gasteiger partial charge in [-0.3, -0.25) is 9.69 Å². The third-order valence-electron chi connectivity index (χ3n) is 6.72. The van der Waals surface area contributed by atoms with E-state index in [2.05, 4.69) is 4.90 Å². The van der Waals surface area contributed by atoms with Crippen molar-refractivity contribution in [3.8, 4) is 17.2 Å². The first kappa shape index (κ1) is 24.6. The maximum absolute atomic E-state index is 14.4. The van der Waals surface area contributed by atoms with E-state index >= 15 is 0 Å². The minimum Gasteiger partial charge on any atom is -0.507 e. The minimum absolute atomic E-state index is 0.0448. The molecule has 1 aromatic heterocycles. The van der Waals surface area contributed by atoms with Crippen molar-refractivity contribution >= 4 is 5.69 Å². The second kappa shape index (κ2) is 10.4. The van der Waals surface area contributed by atoms with Gasteiger partial charge in [-0.1, -0.05) is 12.1 Å². The molecule has 1 aliphatic heterocycles. The Hall–Kier alpha value is -3.52. The summed E-state index contributed by atoms with van der Waals surface area (Å²) in [5.74, 6) is 0.897. The lowest BCUT2D eigenvalue weighted by atomic mass is 9.94. The van der Waals surface area contributed by atoms with E-state index in [1.54, 1.807) is 43.1 Å². The van der Waals surface area contributed by atoms with E-state index in [-0.39, 0.29) is 17.1 Å². The third-order valence-corrected chi connectivity index (χ3v) is 6.72. The molecule has 2 heterocycles. The molecule has 7 nitrogen and oxygen atoms in total. The SMILES string of the molecule is CCn1c(C)cc(O)c([C@H](c2ccc(OC)cc2OC)N2CCN(c3ccccc3F)CC2)c1=O. The summed E-state index contributed by atoms with van der Waals surface area (Å²) in [5.41, 5.74) is 2.09. The molecule has 2 aromatic carbocycles. The van der Waals surface area contributed by atoms with Crippen LogP contribution in [-0.4, -0.2) is 55.0 Å². The molecule has 0 amide bonds. The van der Waals surface area contributed by atoms with Gasteiger partial charge < -0.3 is 24.0 Å². The van der Waals surface area contributed by atoms with E-state index in [1.165, 1.54) is 6.07 Å². The zero-order chi connectivity index (χ0) is 25.1. The van der Waals surface area contributed by atoms with Crippen LogP contribution in [0.4, 0.5) is 10.1 Å². The van der Waals surface area contributed by atoms with E-state index in [0.717, 1.165) is 5.56 Å². The normalized spacial score (nSPS) is 15.2. The third kappa shape index (κ3) is 4.71. The topological polar surface area (TPSA) is 67.2 Å². The summed E-state index contributed by atoms with van der Waals surface area (Å²) in [6.45, 7) is 6.48. The van der Waals surface area contributed by atoms with Crippen molar-refractivity contribution in [1.29, 1.82) is 0 Å². The predicted molar refractivity (Wildman–Crippen MR) is 134 cm³/mol. The van der Waals surface area contributed by atoms with Crippen LogP contribution in [0, 0.1) is 12.7 Å². The molecule has 186 valence electrons. The van der Waals surface area contributed by atoms with Crippen LogP contribution in [0.3, 0.4) is 0 Å². The first-order chi connectivity index (χ1) is 16.9. The number of rotatable bonds is 7. The predicted octanol–water partition coefficient (Wildman–Crippen LogP) is 3.95. The first-order valence-electron chi connectivity index (χ1n) is 11.8. The van der Waals surface area contributed by atoms with E-state index in [4.69, 9.17) is 9.47 Å². The Morgan fingerprint density at radius 3 is 2.37 bits per heavy atom. The largest absolute Gasteiger partial charge is 0.507 e. The van der Waals surface area contributed by atoms with E-state index in [9.17, 15) is 14.3 Å². The lowest BCUT2D eigenvalue weighted by Gasteiger charge is -2.41. The number of anilines is 1. The summed E-state index contributed by atoms with van der Waals surface area (Å²) in [6.07, 6.45) is 0. The Morgan fingerprint density at radius 2 is 1.74 bits per heavy atom. The highest BCUT2D eigenvalue weighted by molar-refractivity contribution is 5.50. The Kier molecular flexibility index (Phi) is 7.31. The number of nitrogens with zero attached hydrogens (tertiary/aromatic N) is 3. The van der Waals surface area contributed by atoms with Gasteiger partial charge in [0.1, 0.15) is 23.1 Å². The van der Waals surface area contributed by atoms with Crippen LogP contribution in [0.5, 0.6) is 17.2 Å². The van der Waals surface area contributed by atoms with Gasteiger partial charge in [0, 0.05) is 50.0 Å². The Balaban J connectivity index is 1.79. The Bertz CT molecular complexity index is 1250. The van der Waals surface area contributed by atoms with Crippen LogP contribution in [0.25, 0.3) is 0 Å². The van der Waals surface area contributed by atoms with Gasteiger partial charge in [-0.2, -0.15) is 0 Å². The molecule has 0 unspecified atom stereocenters. The van der Waals surface area contributed by atoms with E-state index in [0.29, 0.717) is 61.2 Å². The van der Waals surface area contributed by atoms with Crippen LogP contribution < -0.4 is 19.9 Å². The van der Waals surface area contributed by atoms with Gasteiger partial charge in [0.15, 0.2) is 0 Å². The lowest BCUT2D eigenvalue weighted by Crippen LogP contribution is -2.49. The summed E-state index contributed by atoms with van der Waals surface area (Å²) >= 11 is 0. The number of pyridine rings is 1. The number of benzene rings is 2. The van der Waals surface area contributed by atoms with Crippen molar-refractivity contribution in [3.05, 3.63) is 81.5 Å². The van der Waals surface area contributed by atoms with Crippen LogP contribution in [0.1, 0.15) is 29.8 Å². The molecule has 8 heteroatoms. The standard InChI is InChI=1S/C27H32FN3O4/c1-5-31-18(2)16-23(32)25(27(31)33)26(20-11-10-19(34-3)17-24(20)35-4)30-14-12-29(13-15-30)22-9-7-6-8-21(22)28/h6-11,16-17,26,32H,5,12-15H2,1-4H3/t26-/m0/s1. The molecule has 0 radical (unpaired) electrons. The minimum atomic E-state index is -0.551. The number of aromatic nitrogens is 1. The monoisotopic (exact) mass is 481 g/mol. The van der Waals surface area contributed by atoms with Gasteiger partial charge >= 0.3 is 0 Å². The Morgan fingerprint density at radius 1 is 1.03 bits per heavy atom. The molecule has 0 bridgehead atoms. The van der Waals surface area contributed by atoms with Crippen molar-refractivity contribution in [3.63, 3.8) is 0 Å². The molecule has 1 atom stereocenters. The smallest absolute Gasteiger partial charge is 0.259 e. The second-order valence-electron chi connectivity index (χ2n) is 8.62. The van der Waals surface area contributed by atoms with Crippen LogP contribution >= 0.6 is 0 Å². The number of halogens is 1. The Labute approximate surface area is 204 Å². The summed E-state index contributed by atoms with van der Waals surface area (Å²) in [4.78, 5) is 17.8. The average Bonchev–Trinajstić information content (AvgIpc) is 2.87. The molecule has 3 aromatic rings. The molecular weight excluding hydrogens is 449 g/mol. The van der Waals surface area contributed by atoms with Crippen LogP contribution in [-0.2, 0) is 6.54 Å². The van der Waals surface area contributed by atoms with Gasteiger partial charge in [-0.05, 0) is 44.2 Å².